The van der Waals surface area contributed by atoms with E-state index in [1.807, 2.05) is 12.1 Å². The van der Waals surface area contributed by atoms with E-state index in [0.717, 1.165) is 65.8 Å². The first kappa shape index (κ1) is 24.1. The lowest BCUT2D eigenvalue weighted by Crippen LogP contribution is -2.26. The standard InChI is InChI=1S/C26H35N3O2S/c1-7-28(8-2)12-9-13-29-24(23-11-10-22(30-5)17-25(23)31-6)18-32-26(29)27-21-15-19(3)14-20(4)16-21/h10-11,14-18H,7-9,12-13H2,1-6H3. The molecule has 0 spiro atoms. The average Bonchev–Trinajstić information content (AvgIpc) is 3.17. The van der Waals surface area contributed by atoms with Gasteiger partial charge in [-0.2, -0.15) is 0 Å². The van der Waals surface area contributed by atoms with Crippen LogP contribution in [-0.2, 0) is 6.54 Å². The smallest absolute Gasteiger partial charge is 0.190 e. The van der Waals surface area contributed by atoms with E-state index in [9.17, 15) is 0 Å². The normalized spacial score (nSPS) is 11.9. The highest BCUT2D eigenvalue weighted by molar-refractivity contribution is 7.07. The van der Waals surface area contributed by atoms with Gasteiger partial charge in [-0.3, -0.25) is 0 Å². The van der Waals surface area contributed by atoms with E-state index >= 15 is 0 Å². The summed E-state index contributed by atoms with van der Waals surface area (Å²) in [5.74, 6) is 1.59. The average molecular weight is 454 g/mol. The molecule has 0 saturated heterocycles. The predicted molar refractivity (Wildman–Crippen MR) is 134 cm³/mol. The molecule has 0 aliphatic heterocycles. The van der Waals surface area contributed by atoms with Crippen LogP contribution in [0.25, 0.3) is 11.3 Å². The van der Waals surface area contributed by atoms with E-state index in [4.69, 9.17) is 14.5 Å². The lowest BCUT2D eigenvalue weighted by molar-refractivity contribution is 0.293. The second-order valence-electron chi connectivity index (χ2n) is 7.96. The minimum atomic E-state index is 0.786. The molecule has 1 heterocycles. The first-order chi connectivity index (χ1) is 15.5. The number of aryl methyl sites for hydroxylation is 2. The van der Waals surface area contributed by atoms with Gasteiger partial charge in [0.1, 0.15) is 11.5 Å². The van der Waals surface area contributed by atoms with Crippen LogP contribution in [0.1, 0.15) is 31.4 Å². The van der Waals surface area contributed by atoms with Crippen LogP contribution in [0.3, 0.4) is 0 Å². The molecule has 0 fully saturated rings. The Hall–Kier alpha value is -2.57. The van der Waals surface area contributed by atoms with Crippen LogP contribution in [0.15, 0.2) is 46.8 Å². The molecule has 3 aromatic rings. The molecule has 5 nitrogen and oxygen atoms in total. The lowest BCUT2D eigenvalue weighted by atomic mass is 10.1. The number of nitrogens with zero attached hydrogens (tertiary/aromatic N) is 3. The highest BCUT2D eigenvalue weighted by atomic mass is 32.1. The molecular weight excluding hydrogens is 418 g/mol. The number of methoxy groups -OCH3 is 2. The minimum absolute atomic E-state index is 0.786. The summed E-state index contributed by atoms with van der Waals surface area (Å²) in [4.78, 5) is 8.50. The number of benzene rings is 2. The van der Waals surface area contributed by atoms with Gasteiger partial charge >= 0.3 is 0 Å². The van der Waals surface area contributed by atoms with Gasteiger partial charge in [0.15, 0.2) is 4.80 Å². The largest absolute Gasteiger partial charge is 0.497 e. The van der Waals surface area contributed by atoms with Crippen LogP contribution in [0.4, 0.5) is 5.69 Å². The van der Waals surface area contributed by atoms with E-state index < -0.39 is 0 Å². The second-order valence-corrected chi connectivity index (χ2v) is 8.80. The number of hydrogen-bond donors (Lipinski definition) is 0. The zero-order valence-corrected chi connectivity index (χ0v) is 21.0. The van der Waals surface area contributed by atoms with Crippen molar-refractivity contribution >= 4 is 17.0 Å². The topological polar surface area (TPSA) is 39.0 Å². The predicted octanol–water partition coefficient (Wildman–Crippen LogP) is 5.81. The Bertz CT molecular complexity index is 1080. The number of rotatable bonds is 10. The monoisotopic (exact) mass is 453 g/mol. The molecule has 0 amide bonds. The highest BCUT2D eigenvalue weighted by Gasteiger charge is 2.14. The van der Waals surface area contributed by atoms with Crippen molar-refractivity contribution in [2.45, 2.75) is 40.7 Å². The Morgan fingerprint density at radius 3 is 2.31 bits per heavy atom. The summed E-state index contributed by atoms with van der Waals surface area (Å²) in [5.41, 5.74) is 5.62. The van der Waals surface area contributed by atoms with Crippen molar-refractivity contribution in [3.05, 3.63) is 57.7 Å². The van der Waals surface area contributed by atoms with Gasteiger partial charge in [-0.25, -0.2) is 4.99 Å². The zero-order chi connectivity index (χ0) is 23.1. The third-order valence-electron chi connectivity index (χ3n) is 5.66. The molecule has 0 saturated carbocycles. The molecule has 0 unspecified atom stereocenters. The molecule has 0 radical (unpaired) electrons. The highest BCUT2D eigenvalue weighted by Crippen LogP contribution is 2.34. The SMILES string of the molecule is CCN(CC)CCCn1c(-c2ccc(OC)cc2OC)csc1=Nc1cc(C)cc(C)c1. The summed E-state index contributed by atoms with van der Waals surface area (Å²) in [6, 6.07) is 12.5. The third-order valence-corrected chi connectivity index (χ3v) is 6.53. The maximum Gasteiger partial charge on any atom is 0.190 e. The van der Waals surface area contributed by atoms with Gasteiger partial charge in [-0.05, 0) is 75.3 Å². The molecule has 0 N–H and O–H groups in total. The second kappa shape index (κ2) is 11.3. The number of thiazole rings is 1. The van der Waals surface area contributed by atoms with Gasteiger partial charge in [0, 0.05) is 23.6 Å². The molecular formula is C26H35N3O2S. The van der Waals surface area contributed by atoms with Gasteiger partial charge in [0.05, 0.1) is 25.6 Å². The van der Waals surface area contributed by atoms with E-state index in [1.165, 1.54) is 11.1 Å². The van der Waals surface area contributed by atoms with Crippen molar-refractivity contribution < 1.29 is 9.47 Å². The fourth-order valence-electron chi connectivity index (χ4n) is 3.98. The molecule has 2 aromatic carbocycles. The van der Waals surface area contributed by atoms with E-state index in [0.29, 0.717) is 0 Å². The molecule has 3 rings (SSSR count). The van der Waals surface area contributed by atoms with Crippen molar-refractivity contribution in [2.75, 3.05) is 33.9 Å². The molecule has 0 aliphatic rings. The Balaban J connectivity index is 2.07. The van der Waals surface area contributed by atoms with Crippen molar-refractivity contribution in [3.8, 4) is 22.8 Å². The molecule has 32 heavy (non-hydrogen) atoms. The first-order valence-corrected chi connectivity index (χ1v) is 12.1. The van der Waals surface area contributed by atoms with E-state index in [1.54, 1.807) is 25.6 Å². The van der Waals surface area contributed by atoms with E-state index in [2.05, 4.69) is 66.8 Å². The molecule has 172 valence electrons. The Kier molecular flexibility index (Phi) is 8.53. The molecule has 0 aliphatic carbocycles. The van der Waals surface area contributed by atoms with E-state index in [-0.39, 0.29) is 0 Å². The lowest BCUT2D eigenvalue weighted by Gasteiger charge is -2.19. The maximum absolute atomic E-state index is 5.71. The van der Waals surface area contributed by atoms with Crippen molar-refractivity contribution in [3.63, 3.8) is 0 Å². The summed E-state index contributed by atoms with van der Waals surface area (Å²) >= 11 is 1.67. The van der Waals surface area contributed by atoms with Crippen molar-refractivity contribution in [1.82, 2.24) is 9.47 Å². The Labute approximate surface area is 196 Å². The minimum Gasteiger partial charge on any atom is -0.497 e. The van der Waals surface area contributed by atoms with Crippen molar-refractivity contribution in [1.29, 1.82) is 0 Å². The summed E-state index contributed by atoms with van der Waals surface area (Å²) in [7, 11) is 3.38. The number of hydrogen-bond acceptors (Lipinski definition) is 5. The maximum atomic E-state index is 5.71. The van der Waals surface area contributed by atoms with Crippen LogP contribution in [0, 0.1) is 13.8 Å². The van der Waals surface area contributed by atoms with Gasteiger partial charge in [-0.1, -0.05) is 19.9 Å². The Morgan fingerprint density at radius 1 is 0.969 bits per heavy atom. The fourth-order valence-corrected chi connectivity index (χ4v) is 4.92. The quantitative estimate of drug-likeness (QED) is 0.389. The summed E-state index contributed by atoms with van der Waals surface area (Å²) in [5, 5.41) is 2.18. The van der Waals surface area contributed by atoms with Crippen LogP contribution in [0.2, 0.25) is 0 Å². The number of aromatic nitrogens is 1. The summed E-state index contributed by atoms with van der Waals surface area (Å²) in [6.45, 7) is 12.8. The van der Waals surface area contributed by atoms with Crippen molar-refractivity contribution in [2.24, 2.45) is 4.99 Å². The van der Waals surface area contributed by atoms with Crippen LogP contribution in [-0.4, -0.2) is 43.3 Å². The fraction of sp³-hybridized carbons (Fsp3) is 0.423. The first-order valence-electron chi connectivity index (χ1n) is 11.2. The van der Waals surface area contributed by atoms with Crippen LogP contribution >= 0.6 is 11.3 Å². The summed E-state index contributed by atoms with van der Waals surface area (Å²) in [6.07, 6.45) is 1.06. The molecule has 0 bridgehead atoms. The third kappa shape index (κ3) is 5.81. The Morgan fingerprint density at radius 2 is 1.69 bits per heavy atom. The number of ether oxygens (including phenoxy) is 2. The summed E-state index contributed by atoms with van der Waals surface area (Å²) < 4.78 is 13.4. The van der Waals surface area contributed by atoms with Gasteiger partial charge < -0.3 is 18.9 Å². The van der Waals surface area contributed by atoms with Crippen LogP contribution < -0.4 is 14.3 Å². The van der Waals surface area contributed by atoms with Gasteiger partial charge in [0.2, 0.25) is 0 Å². The molecule has 6 heteroatoms. The van der Waals surface area contributed by atoms with Crippen LogP contribution in [0.5, 0.6) is 11.5 Å². The molecule has 0 atom stereocenters. The zero-order valence-electron chi connectivity index (χ0n) is 20.1. The molecule has 1 aromatic heterocycles. The van der Waals surface area contributed by atoms with Gasteiger partial charge in [-0.15, -0.1) is 11.3 Å². The van der Waals surface area contributed by atoms with Gasteiger partial charge in [0.25, 0.3) is 0 Å².